The van der Waals surface area contributed by atoms with Crippen molar-refractivity contribution in [1.82, 2.24) is 5.32 Å². The predicted octanol–water partition coefficient (Wildman–Crippen LogP) is 1.74. The fraction of sp³-hybridized carbons (Fsp3) is 0.158. The van der Waals surface area contributed by atoms with Gasteiger partial charge in [0.1, 0.15) is 11.9 Å². The molecule has 0 aliphatic carbocycles. The van der Waals surface area contributed by atoms with Crippen molar-refractivity contribution < 1.29 is 14.0 Å². The lowest BCUT2D eigenvalue weighted by molar-refractivity contribution is -0.123. The smallest absolute Gasteiger partial charge is 0.252 e. The average molecular weight is 382 g/mol. The summed E-state index contributed by atoms with van der Waals surface area (Å²) in [5.41, 5.74) is 7.97. The number of nitrogens with one attached hydrogen (secondary N) is 3. The third kappa shape index (κ3) is 5.13. The highest BCUT2D eigenvalue weighted by Crippen LogP contribution is 2.12. The van der Waals surface area contributed by atoms with Gasteiger partial charge in [0.15, 0.2) is 0 Å². The molecule has 1 heterocycles. The molecule has 3 rings (SSSR count). The summed E-state index contributed by atoms with van der Waals surface area (Å²) < 4.78 is 13.2. The first-order valence-corrected chi connectivity index (χ1v) is 8.51. The normalized spacial score (nSPS) is 16.4. The number of carbonyl (C=O) groups excluding carboxylic acids is 2. The molecule has 8 nitrogen and oxygen atoms in total. The van der Waals surface area contributed by atoms with E-state index in [4.69, 9.17) is 5.73 Å². The highest BCUT2D eigenvalue weighted by Gasteiger charge is 2.28. The summed E-state index contributed by atoms with van der Waals surface area (Å²) in [7, 11) is 0. The van der Waals surface area contributed by atoms with Gasteiger partial charge in [-0.1, -0.05) is 23.8 Å². The van der Waals surface area contributed by atoms with Crippen molar-refractivity contribution in [3.63, 3.8) is 0 Å². The molecule has 0 saturated carbocycles. The summed E-state index contributed by atoms with van der Waals surface area (Å²) in [5.74, 6) is -1.33. The molecule has 1 aliphatic rings. The topological polar surface area (TPSA) is 121 Å². The molecule has 1 aliphatic heterocycles. The number of hydrogen-bond acceptors (Lipinski definition) is 4. The number of carbonyl (C=O) groups is 2. The Kier molecular flexibility index (Phi) is 5.64. The summed E-state index contributed by atoms with van der Waals surface area (Å²) in [5, 5.41) is 7.88. The number of amides is 2. The second-order valence-corrected chi connectivity index (χ2v) is 6.21. The molecule has 9 heteroatoms. The number of aryl methyl sites for hydroxylation is 1. The number of hydrogen-bond donors (Lipinski definition) is 4. The molecule has 0 fully saturated rings. The van der Waals surface area contributed by atoms with Gasteiger partial charge in [-0.25, -0.2) is 9.38 Å². The predicted molar refractivity (Wildman–Crippen MR) is 105 cm³/mol. The van der Waals surface area contributed by atoms with Crippen LogP contribution in [0.2, 0.25) is 0 Å². The number of aliphatic imine (C=N–C) groups is 2. The Hall–Kier alpha value is -3.75. The van der Waals surface area contributed by atoms with Gasteiger partial charge >= 0.3 is 0 Å². The molecule has 0 radical (unpaired) electrons. The van der Waals surface area contributed by atoms with Crippen LogP contribution in [0.5, 0.6) is 0 Å². The van der Waals surface area contributed by atoms with Crippen LogP contribution in [-0.2, 0) is 9.59 Å². The zero-order valence-corrected chi connectivity index (χ0v) is 15.1. The van der Waals surface area contributed by atoms with Crippen molar-refractivity contribution in [2.24, 2.45) is 15.7 Å². The second kappa shape index (κ2) is 8.30. The van der Waals surface area contributed by atoms with Crippen LogP contribution in [-0.4, -0.2) is 29.8 Å². The molecule has 0 aromatic heterocycles. The van der Waals surface area contributed by atoms with Gasteiger partial charge in [-0.05, 0) is 37.3 Å². The van der Waals surface area contributed by atoms with Crippen LogP contribution < -0.4 is 21.7 Å². The number of benzene rings is 2. The molecular weight excluding hydrogens is 363 g/mol. The SMILES string of the molecule is Cc1ccc(N/C(N)=N/C2=NC(CC(=O)Nc3cccc(F)c3)C(=O)N2)cc1. The van der Waals surface area contributed by atoms with Crippen molar-refractivity contribution in [2.75, 3.05) is 10.6 Å². The minimum atomic E-state index is -0.931. The number of nitrogens with zero attached hydrogens (tertiary/aromatic N) is 2. The summed E-state index contributed by atoms with van der Waals surface area (Å²) in [6, 6.07) is 12.1. The van der Waals surface area contributed by atoms with Crippen molar-refractivity contribution in [2.45, 2.75) is 19.4 Å². The van der Waals surface area contributed by atoms with Crippen molar-refractivity contribution >= 4 is 35.1 Å². The van der Waals surface area contributed by atoms with Gasteiger partial charge in [0.2, 0.25) is 17.8 Å². The summed E-state index contributed by atoms with van der Waals surface area (Å²) >= 11 is 0. The van der Waals surface area contributed by atoms with Gasteiger partial charge in [0.05, 0.1) is 6.42 Å². The number of anilines is 2. The maximum atomic E-state index is 13.2. The lowest BCUT2D eigenvalue weighted by Gasteiger charge is -2.06. The molecule has 2 aromatic rings. The van der Waals surface area contributed by atoms with E-state index in [1.54, 1.807) is 6.07 Å². The fourth-order valence-electron chi connectivity index (χ4n) is 2.51. The van der Waals surface area contributed by atoms with E-state index in [0.29, 0.717) is 5.69 Å². The Morgan fingerprint density at radius 1 is 1.21 bits per heavy atom. The van der Waals surface area contributed by atoms with Gasteiger partial charge in [-0.3, -0.25) is 14.9 Å². The lowest BCUT2D eigenvalue weighted by atomic mass is 10.2. The molecule has 0 bridgehead atoms. The third-order valence-corrected chi connectivity index (χ3v) is 3.85. The Morgan fingerprint density at radius 3 is 2.68 bits per heavy atom. The van der Waals surface area contributed by atoms with Gasteiger partial charge < -0.3 is 16.4 Å². The number of halogens is 1. The Balaban J connectivity index is 1.60. The van der Waals surface area contributed by atoms with E-state index in [1.807, 2.05) is 31.2 Å². The van der Waals surface area contributed by atoms with Crippen LogP contribution in [0.1, 0.15) is 12.0 Å². The second-order valence-electron chi connectivity index (χ2n) is 6.21. The van der Waals surface area contributed by atoms with Crippen molar-refractivity contribution in [1.29, 1.82) is 0 Å². The Bertz CT molecular complexity index is 955. The quantitative estimate of drug-likeness (QED) is 0.475. The zero-order chi connectivity index (χ0) is 20.1. The van der Waals surface area contributed by atoms with E-state index in [2.05, 4.69) is 25.9 Å². The van der Waals surface area contributed by atoms with Crippen molar-refractivity contribution in [3.8, 4) is 0 Å². The van der Waals surface area contributed by atoms with E-state index in [1.165, 1.54) is 18.2 Å². The van der Waals surface area contributed by atoms with Gasteiger partial charge in [-0.2, -0.15) is 4.99 Å². The number of nitrogens with two attached hydrogens (primary N) is 1. The van der Waals surface area contributed by atoms with Crippen LogP contribution in [0.25, 0.3) is 0 Å². The molecule has 1 atom stereocenters. The standard InChI is InChI=1S/C19H19FN6O2/c1-11-5-7-13(8-6-11)23-18(21)26-19-24-15(17(28)25-19)10-16(27)22-14-4-2-3-12(20)9-14/h2-9,15H,10H2,1H3,(H,22,27)(H4,21,23,24,25,26,28). The summed E-state index contributed by atoms with van der Waals surface area (Å²) in [4.78, 5) is 32.2. The monoisotopic (exact) mass is 382 g/mol. The molecule has 28 heavy (non-hydrogen) atoms. The Morgan fingerprint density at radius 2 is 1.96 bits per heavy atom. The van der Waals surface area contributed by atoms with Crippen LogP contribution in [0.4, 0.5) is 15.8 Å². The van der Waals surface area contributed by atoms with Gasteiger partial charge in [0.25, 0.3) is 5.91 Å². The molecule has 0 saturated heterocycles. The van der Waals surface area contributed by atoms with Crippen LogP contribution in [0.15, 0.2) is 58.5 Å². The maximum Gasteiger partial charge on any atom is 0.252 e. The van der Waals surface area contributed by atoms with Crippen molar-refractivity contribution in [3.05, 3.63) is 59.9 Å². The first-order chi connectivity index (χ1) is 13.4. The summed E-state index contributed by atoms with van der Waals surface area (Å²) in [6.07, 6.45) is -0.202. The van der Waals surface area contributed by atoms with E-state index >= 15 is 0 Å². The molecule has 1 unspecified atom stereocenters. The first kappa shape index (κ1) is 19.0. The molecule has 2 amide bonds. The minimum absolute atomic E-state index is 0.0191. The average Bonchev–Trinajstić information content (AvgIpc) is 2.95. The highest BCUT2D eigenvalue weighted by molar-refractivity contribution is 6.11. The van der Waals surface area contributed by atoms with E-state index in [9.17, 15) is 14.0 Å². The number of rotatable bonds is 4. The van der Waals surface area contributed by atoms with E-state index < -0.39 is 23.7 Å². The lowest BCUT2D eigenvalue weighted by Crippen LogP contribution is -2.32. The first-order valence-electron chi connectivity index (χ1n) is 8.51. The summed E-state index contributed by atoms with van der Waals surface area (Å²) in [6.45, 7) is 1.97. The largest absolute Gasteiger partial charge is 0.369 e. The van der Waals surface area contributed by atoms with Gasteiger partial charge in [-0.15, -0.1) is 0 Å². The molecular formula is C19H19FN6O2. The number of guanidine groups is 2. The van der Waals surface area contributed by atoms with Crippen LogP contribution >= 0.6 is 0 Å². The van der Waals surface area contributed by atoms with Crippen LogP contribution in [0.3, 0.4) is 0 Å². The van der Waals surface area contributed by atoms with Crippen LogP contribution in [0, 0.1) is 12.7 Å². The molecule has 144 valence electrons. The van der Waals surface area contributed by atoms with E-state index in [-0.39, 0.29) is 18.3 Å². The molecule has 2 aromatic carbocycles. The fourth-order valence-corrected chi connectivity index (χ4v) is 2.51. The van der Waals surface area contributed by atoms with Gasteiger partial charge in [0, 0.05) is 11.4 Å². The molecule has 5 N–H and O–H groups in total. The zero-order valence-electron chi connectivity index (χ0n) is 15.1. The Labute approximate surface area is 160 Å². The molecule has 0 spiro atoms. The highest BCUT2D eigenvalue weighted by atomic mass is 19.1. The maximum absolute atomic E-state index is 13.2. The third-order valence-electron chi connectivity index (χ3n) is 3.85. The minimum Gasteiger partial charge on any atom is -0.369 e. The van der Waals surface area contributed by atoms with E-state index in [0.717, 1.165) is 11.3 Å².